The molecule has 1 unspecified atom stereocenters. The molecule has 2 aromatic carbocycles. The van der Waals surface area contributed by atoms with Crippen LogP contribution >= 0.6 is 27.5 Å². The maximum Gasteiger partial charge on any atom is 0.418 e. The van der Waals surface area contributed by atoms with Gasteiger partial charge < -0.3 is 5.32 Å². The number of nitrogens with one attached hydrogen (secondary N) is 1. The highest BCUT2D eigenvalue weighted by atomic mass is 79.9. The van der Waals surface area contributed by atoms with Crippen LogP contribution in [0.3, 0.4) is 0 Å². The highest BCUT2D eigenvalue weighted by Crippen LogP contribution is 2.38. The Hall–Kier alpha value is -1.20. The van der Waals surface area contributed by atoms with Crippen LogP contribution in [0.4, 0.5) is 18.9 Å². The van der Waals surface area contributed by atoms with Crippen LogP contribution in [0.15, 0.2) is 46.9 Å². The van der Waals surface area contributed by atoms with Crippen molar-refractivity contribution in [2.24, 2.45) is 0 Å². The van der Waals surface area contributed by atoms with Gasteiger partial charge in [0, 0.05) is 15.2 Å². The van der Waals surface area contributed by atoms with Crippen molar-refractivity contribution in [3.05, 3.63) is 63.1 Å². The Morgan fingerprint density at radius 3 is 2.43 bits per heavy atom. The predicted molar refractivity (Wildman–Crippen MR) is 82.6 cm³/mol. The molecule has 0 radical (unpaired) electrons. The number of benzene rings is 2. The van der Waals surface area contributed by atoms with E-state index in [4.69, 9.17) is 11.6 Å². The van der Waals surface area contributed by atoms with Gasteiger partial charge in [-0.3, -0.25) is 0 Å². The Morgan fingerprint density at radius 2 is 1.81 bits per heavy atom. The van der Waals surface area contributed by atoms with Crippen LogP contribution in [0.5, 0.6) is 0 Å². The lowest BCUT2D eigenvalue weighted by Gasteiger charge is -2.20. The van der Waals surface area contributed by atoms with Crippen LogP contribution in [0.1, 0.15) is 24.1 Å². The first-order chi connectivity index (χ1) is 9.79. The highest BCUT2D eigenvalue weighted by Gasteiger charge is 2.33. The number of anilines is 1. The number of alkyl halides is 3. The van der Waals surface area contributed by atoms with E-state index in [1.165, 1.54) is 12.1 Å². The second kappa shape index (κ2) is 6.28. The lowest BCUT2D eigenvalue weighted by Crippen LogP contribution is -2.13. The van der Waals surface area contributed by atoms with Crippen LogP contribution in [0, 0.1) is 0 Å². The highest BCUT2D eigenvalue weighted by molar-refractivity contribution is 9.10. The second-order valence-electron chi connectivity index (χ2n) is 4.58. The molecule has 1 N–H and O–H groups in total. The summed E-state index contributed by atoms with van der Waals surface area (Å²) < 4.78 is 39.7. The zero-order valence-electron chi connectivity index (χ0n) is 11.0. The number of hydrogen-bond donors (Lipinski definition) is 1. The average Bonchev–Trinajstić information content (AvgIpc) is 2.37. The minimum absolute atomic E-state index is 0.0179. The monoisotopic (exact) mass is 377 g/mol. The summed E-state index contributed by atoms with van der Waals surface area (Å²) in [6, 6.07) is 10.5. The molecular weight excluding hydrogens is 367 g/mol. The smallest absolute Gasteiger partial charge is 0.378 e. The van der Waals surface area contributed by atoms with Gasteiger partial charge in [-0.2, -0.15) is 13.2 Å². The molecule has 0 fully saturated rings. The Balaban J connectivity index is 2.35. The molecule has 0 amide bonds. The topological polar surface area (TPSA) is 12.0 Å². The van der Waals surface area contributed by atoms with E-state index < -0.39 is 11.7 Å². The molecule has 0 aliphatic heterocycles. The van der Waals surface area contributed by atoms with Crippen molar-refractivity contribution in [3.63, 3.8) is 0 Å². The summed E-state index contributed by atoms with van der Waals surface area (Å²) in [5, 5.41) is 3.40. The van der Waals surface area contributed by atoms with E-state index >= 15 is 0 Å². The molecule has 0 aliphatic rings. The first-order valence-corrected chi connectivity index (χ1v) is 7.34. The summed E-state index contributed by atoms with van der Waals surface area (Å²) in [5.41, 5.74) is 0.0566. The van der Waals surface area contributed by atoms with Gasteiger partial charge in [-0.1, -0.05) is 45.7 Å². The SMILES string of the molecule is CC(Nc1cc(Br)ccc1C(F)(F)F)c1ccccc1Cl. The van der Waals surface area contributed by atoms with Crippen LogP contribution in [0.25, 0.3) is 0 Å². The number of rotatable bonds is 3. The van der Waals surface area contributed by atoms with Crippen molar-refractivity contribution < 1.29 is 13.2 Å². The minimum atomic E-state index is -4.41. The molecule has 2 aromatic rings. The molecule has 0 bridgehead atoms. The lowest BCUT2D eigenvalue weighted by atomic mass is 10.1. The third-order valence-electron chi connectivity index (χ3n) is 3.03. The molecule has 0 heterocycles. The van der Waals surface area contributed by atoms with Crippen molar-refractivity contribution in [1.82, 2.24) is 0 Å². The van der Waals surface area contributed by atoms with Crippen molar-refractivity contribution in [1.29, 1.82) is 0 Å². The van der Waals surface area contributed by atoms with Crippen LogP contribution in [-0.4, -0.2) is 0 Å². The average molecular weight is 379 g/mol. The summed E-state index contributed by atoms with van der Waals surface area (Å²) in [5.74, 6) is 0. The first kappa shape index (κ1) is 16.2. The third kappa shape index (κ3) is 3.92. The van der Waals surface area contributed by atoms with Gasteiger partial charge in [0.25, 0.3) is 0 Å². The van der Waals surface area contributed by atoms with Crippen molar-refractivity contribution in [2.45, 2.75) is 19.1 Å². The summed E-state index contributed by atoms with van der Waals surface area (Å²) >= 11 is 9.27. The van der Waals surface area contributed by atoms with Gasteiger partial charge in [0.05, 0.1) is 11.6 Å². The molecule has 6 heteroatoms. The van der Waals surface area contributed by atoms with Gasteiger partial charge in [-0.05, 0) is 36.8 Å². The zero-order chi connectivity index (χ0) is 15.6. The fourth-order valence-electron chi connectivity index (χ4n) is 2.02. The number of halogens is 5. The molecule has 1 nitrogen and oxygen atoms in total. The molecule has 1 atom stereocenters. The Labute approximate surface area is 134 Å². The Bertz CT molecular complexity index is 643. The largest absolute Gasteiger partial charge is 0.418 e. The quantitative estimate of drug-likeness (QED) is 0.661. The molecule has 0 aromatic heterocycles. The van der Waals surface area contributed by atoms with E-state index in [0.717, 1.165) is 11.6 Å². The van der Waals surface area contributed by atoms with E-state index in [-0.39, 0.29) is 11.7 Å². The zero-order valence-corrected chi connectivity index (χ0v) is 13.4. The van der Waals surface area contributed by atoms with E-state index in [1.54, 1.807) is 31.2 Å². The summed E-state index contributed by atoms with van der Waals surface area (Å²) in [4.78, 5) is 0. The van der Waals surface area contributed by atoms with Gasteiger partial charge in [0.1, 0.15) is 0 Å². The minimum Gasteiger partial charge on any atom is -0.378 e. The van der Waals surface area contributed by atoms with Gasteiger partial charge in [0.2, 0.25) is 0 Å². The Morgan fingerprint density at radius 1 is 1.14 bits per heavy atom. The van der Waals surface area contributed by atoms with Gasteiger partial charge >= 0.3 is 6.18 Å². The predicted octanol–water partition coefficient (Wildman–Crippen LogP) is 6.29. The van der Waals surface area contributed by atoms with Crippen LogP contribution in [0.2, 0.25) is 5.02 Å². The molecule has 0 saturated heterocycles. The van der Waals surface area contributed by atoms with E-state index in [2.05, 4.69) is 21.2 Å². The molecule has 0 saturated carbocycles. The standard InChI is InChI=1S/C15H12BrClF3N/c1-9(11-4-2-3-5-13(11)17)21-14-8-10(16)6-7-12(14)15(18,19)20/h2-9,21H,1H3. The maximum absolute atomic E-state index is 13.0. The van der Waals surface area contributed by atoms with E-state index in [9.17, 15) is 13.2 Å². The van der Waals surface area contributed by atoms with Crippen LogP contribution < -0.4 is 5.32 Å². The molecule has 0 aliphatic carbocycles. The van der Waals surface area contributed by atoms with Crippen LogP contribution in [-0.2, 0) is 6.18 Å². The fraction of sp³-hybridized carbons (Fsp3) is 0.200. The van der Waals surface area contributed by atoms with Gasteiger partial charge in [-0.25, -0.2) is 0 Å². The molecule has 0 spiro atoms. The molecule has 112 valence electrons. The van der Waals surface area contributed by atoms with E-state index in [1.807, 2.05) is 0 Å². The summed E-state index contributed by atoms with van der Waals surface area (Å²) in [7, 11) is 0. The molecular formula is C15H12BrClF3N. The summed E-state index contributed by atoms with van der Waals surface area (Å²) in [6.07, 6.45) is -4.41. The summed E-state index contributed by atoms with van der Waals surface area (Å²) in [6.45, 7) is 1.77. The van der Waals surface area contributed by atoms with E-state index in [0.29, 0.717) is 9.50 Å². The molecule has 21 heavy (non-hydrogen) atoms. The lowest BCUT2D eigenvalue weighted by molar-refractivity contribution is -0.137. The fourth-order valence-corrected chi connectivity index (χ4v) is 2.68. The van der Waals surface area contributed by atoms with Crippen molar-refractivity contribution in [3.8, 4) is 0 Å². The van der Waals surface area contributed by atoms with Crippen molar-refractivity contribution >= 4 is 33.2 Å². The van der Waals surface area contributed by atoms with Gasteiger partial charge in [0.15, 0.2) is 0 Å². The maximum atomic E-state index is 13.0. The number of hydrogen-bond acceptors (Lipinski definition) is 1. The third-order valence-corrected chi connectivity index (χ3v) is 3.87. The first-order valence-electron chi connectivity index (χ1n) is 6.16. The normalized spacial score (nSPS) is 13.0. The van der Waals surface area contributed by atoms with Crippen molar-refractivity contribution in [2.75, 3.05) is 5.32 Å². The second-order valence-corrected chi connectivity index (χ2v) is 5.90. The van der Waals surface area contributed by atoms with Gasteiger partial charge in [-0.15, -0.1) is 0 Å². The molecule has 2 rings (SSSR count). The Kier molecular flexibility index (Phi) is 4.84.